The second-order valence-corrected chi connectivity index (χ2v) is 5.95. The molecule has 0 spiro atoms. The Morgan fingerprint density at radius 3 is 2.64 bits per heavy atom. The van der Waals surface area contributed by atoms with E-state index < -0.39 is 6.10 Å². The van der Waals surface area contributed by atoms with Crippen molar-refractivity contribution in [3.63, 3.8) is 0 Å². The topological polar surface area (TPSA) is 60.2 Å². The number of halogens is 1. The number of aromatic nitrogens is 3. The smallest absolute Gasteiger partial charge is 0.158 e. The Kier molecular flexibility index (Phi) is 5.09. The first kappa shape index (κ1) is 17.1. The molecule has 0 radical (unpaired) electrons. The van der Waals surface area contributed by atoms with Crippen LogP contribution in [0.1, 0.15) is 11.4 Å². The second kappa shape index (κ2) is 7.44. The number of ether oxygens (including phenoxy) is 1. The summed E-state index contributed by atoms with van der Waals surface area (Å²) in [5, 5.41) is 14.6. The van der Waals surface area contributed by atoms with Crippen molar-refractivity contribution in [3.05, 3.63) is 65.7 Å². The first-order valence-electron chi connectivity index (χ1n) is 8.06. The first-order chi connectivity index (χ1) is 12.0. The van der Waals surface area contributed by atoms with Crippen LogP contribution in [0.5, 0.6) is 5.75 Å². The largest absolute Gasteiger partial charge is 0.491 e. The number of nitrogens with zero attached hydrogens (tertiary/aromatic N) is 3. The monoisotopic (exact) mass is 341 g/mol. The molecule has 1 N–H and O–H groups in total. The van der Waals surface area contributed by atoms with E-state index in [4.69, 9.17) is 4.74 Å². The highest BCUT2D eigenvalue weighted by molar-refractivity contribution is 5.56. The highest BCUT2D eigenvalue weighted by Gasteiger charge is 2.14. The molecule has 0 aliphatic carbocycles. The van der Waals surface area contributed by atoms with Crippen molar-refractivity contribution >= 4 is 0 Å². The Labute approximate surface area is 145 Å². The average Bonchev–Trinajstić information content (AvgIpc) is 2.95. The zero-order chi connectivity index (χ0) is 17.8. The van der Waals surface area contributed by atoms with Crippen LogP contribution in [-0.4, -0.2) is 32.6 Å². The maximum Gasteiger partial charge on any atom is 0.158 e. The van der Waals surface area contributed by atoms with Crippen molar-refractivity contribution in [2.24, 2.45) is 0 Å². The van der Waals surface area contributed by atoms with Crippen molar-refractivity contribution in [1.82, 2.24) is 14.8 Å². The molecule has 0 bridgehead atoms. The van der Waals surface area contributed by atoms with E-state index in [-0.39, 0.29) is 19.0 Å². The van der Waals surface area contributed by atoms with E-state index in [2.05, 4.69) is 10.1 Å². The first-order valence-corrected chi connectivity index (χ1v) is 8.06. The minimum absolute atomic E-state index is 0.0811. The zero-order valence-corrected chi connectivity index (χ0v) is 14.2. The second-order valence-electron chi connectivity index (χ2n) is 5.95. The predicted molar refractivity (Wildman–Crippen MR) is 92.8 cm³/mol. The number of benzene rings is 2. The molecule has 0 saturated heterocycles. The van der Waals surface area contributed by atoms with E-state index in [1.165, 1.54) is 24.3 Å². The van der Waals surface area contributed by atoms with E-state index in [0.29, 0.717) is 17.4 Å². The molecule has 0 saturated carbocycles. The molecular weight excluding hydrogens is 321 g/mol. The molecule has 0 fully saturated rings. The van der Waals surface area contributed by atoms with Gasteiger partial charge in [-0.05, 0) is 44.2 Å². The molecule has 3 rings (SSSR count). The van der Waals surface area contributed by atoms with Crippen LogP contribution in [0.4, 0.5) is 4.39 Å². The molecule has 1 atom stereocenters. The van der Waals surface area contributed by atoms with Crippen LogP contribution in [0.3, 0.4) is 0 Å². The Bertz CT molecular complexity index is 846. The molecule has 1 aromatic heterocycles. The van der Waals surface area contributed by atoms with Gasteiger partial charge >= 0.3 is 0 Å². The zero-order valence-electron chi connectivity index (χ0n) is 14.2. The summed E-state index contributed by atoms with van der Waals surface area (Å²) in [5.74, 6) is 1.54. The van der Waals surface area contributed by atoms with Gasteiger partial charge < -0.3 is 9.84 Å². The van der Waals surface area contributed by atoms with Gasteiger partial charge in [0.05, 0.1) is 6.54 Å². The molecule has 1 heterocycles. The van der Waals surface area contributed by atoms with E-state index in [1.54, 1.807) is 4.68 Å². The third-order valence-corrected chi connectivity index (χ3v) is 3.69. The minimum Gasteiger partial charge on any atom is -0.491 e. The molecule has 0 aliphatic rings. The average molecular weight is 341 g/mol. The molecule has 25 heavy (non-hydrogen) atoms. The van der Waals surface area contributed by atoms with Crippen LogP contribution in [0.2, 0.25) is 0 Å². The lowest BCUT2D eigenvalue weighted by Gasteiger charge is -2.14. The summed E-state index contributed by atoms with van der Waals surface area (Å²) < 4.78 is 20.1. The van der Waals surface area contributed by atoms with Crippen LogP contribution in [0.15, 0.2) is 48.5 Å². The summed E-state index contributed by atoms with van der Waals surface area (Å²) in [6.45, 7) is 4.17. The maximum absolute atomic E-state index is 12.9. The van der Waals surface area contributed by atoms with Crippen molar-refractivity contribution < 1.29 is 14.2 Å². The molecule has 3 aromatic rings. The Balaban J connectivity index is 1.69. The number of hydrogen-bond acceptors (Lipinski definition) is 4. The third kappa shape index (κ3) is 4.42. The van der Waals surface area contributed by atoms with Gasteiger partial charge in [0.25, 0.3) is 0 Å². The normalized spacial score (nSPS) is 12.2. The number of aryl methyl sites for hydroxylation is 2. The Hall–Kier alpha value is -2.73. The summed E-state index contributed by atoms with van der Waals surface area (Å²) in [7, 11) is 0. The third-order valence-electron chi connectivity index (χ3n) is 3.69. The summed E-state index contributed by atoms with van der Waals surface area (Å²) in [4.78, 5) is 4.46. The van der Waals surface area contributed by atoms with E-state index in [9.17, 15) is 9.50 Å². The van der Waals surface area contributed by atoms with Gasteiger partial charge in [0.2, 0.25) is 0 Å². The van der Waals surface area contributed by atoms with Gasteiger partial charge in [0.1, 0.15) is 30.1 Å². The van der Waals surface area contributed by atoms with Crippen molar-refractivity contribution in [1.29, 1.82) is 0 Å². The molecule has 5 nitrogen and oxygen atoms in total. The summed E-state index contributed by atoms with van der Waals surface area (Å²) >= 11 is 0. The number of aliphatic hydroxyl groups excluding tert-OH is 1. The van der Waals surface area contributed by atoms with Gasteiger partial charge in [0.15, 0.2) is 5.82 Å². The molecule has 0 aliphatic heterocycles. The summed E-state index contributed by atoms with van der Waals surface area (Å²) in [5.41, 5.74) is 2.08. The molecule has 1 unspecified atom stereocenters. The van der Waals surface area contributed by atoms with Gasteiger partial charge in [0, 0.05) is 5.56 Å². The fourth-order valence-corrected chi connectivity index (χ4v) is 2.56. The van der Waals surface area contributed by atoms with Crippen LogP contribution >= 0.6 is 0 Å². The molecule has 6 heteroatoms. The quantitative estimate of drug-likeness (QED) is 0.748. The highest BCUT2D eigenvalue weighted by Crippen LogP contribution is 2.19. The van der Waals surface area contributed by atoms with Gasteiger partial charge in [-0.3, -0.25) is 0 Å². The van der Waals surface area contributed by atoms with E-state index >= 15 is 0 Å². The van der Waals surface area contributed by atoms with Crippen LogP contribution in [0.25, 0.3) is 11.4 Å². The lowest BCUT2D eigenvalue weighted by Crippen LogP contribution is -2.24. The standard InChI is InChI=1S/C19H20FN3O2/c1-13-4-3-5-15(10-13)19-21-14(2)22-23(19)11-17(24)12-25-18-8-6-16(20)7-9-18/h3-10,17,24H,11-12H2,1-2H3. The maximum atomic E-state index is 12.9. The lowest BCUT2D eigenvalue weighted by molar-refractivity contribution is 0.0896. The molecular formula is C19H20FN3O2. The van der Waals surface area contributed by atoms with Crippen LogP contribution in [-0.2, 0) is 6.54 Å². The SMILES string of the molecule is Cc1cccc(-c2nc(C)nn2CC(O)COc2ccc(F)cc2)c1. The van der Waals surface area contributed by atoms with E-state index in [0.717, 1.165) is 11.1 Å². The molecule has 130 valence electrons. The number of rotatable bonds is 6. The Morgan fingerprint density at radius 2 is 1.92 bits per heavy atom. The molecule has 2 aromatic carbocycles. The van der Waals surface area contributed by atoms with Crippen LogP contribution < -0.4 is 4.74 Å². The lowest BCUT2D eigenvalue weighted by atomic mass is 10.1. The minimum atomic E-state index is -0.769. The molecule has 0 amide bonds. The summed E-state index contributed by atoms with van der Waals surface area (Å²) in [6.07, 6.45) is -0.769. The highest BCUT2D eigenvalue weighted by atomic mass is 19.1. The van der Waals surface area contributed by atoms with Crippen molar-refractivity contribution in [2.45, 2.75) is 26.5 Å². The van der Waals surface area contributed by atoms with Gasteiger partial charge in [-0.25, -0.2) is 14.1 Å². The van der Waals surface area contributed by atoms with Crippen molar-refractivity contribution in [3.8, 4) is 17.1 Å². The summed E-state index contributed by atoms with van der Waals surface area (Å²) in [6, 6.07) is 13.7. The van der Waals surface area contributed by atoms with E-state index in [1.807, 2.05) is 38.1 Å². The van der Waals surface area contributed by atoms with Gasteiger partial charge in [-0.2, -0.15) is 5.10 Å². The van der Waals surface area contributed by atoms with Crippen LogP contribution in [0, 0.1) is 19.7 Å². The van der Waals surface area contributed by atoms with Crippen molar-refractivity contribution in [2.75, 3.05) is 6.61 Å². The number of hydrogen-bond donors (Lipinski definition) is 1. The van der Waals surface area contributed by atoms with Gasteiger partial charge in [-0.1, -0.05) is 23.8 Å². The fourth-order valence-electron chi connectivity index (χ4n) is 2.56. The predicted octanol–water partition coefficient (Wildman–Crippen LogP) is 3.14. The number of aliphatic hydroxyl groups is 1. The van der Waals surface area contributed by atoms with Gasteiger partial charge in [-0.15, -0.1) is 0 Å². The Morgan fingerprint density at radius 1 is 1.16 bits per heavy atom. The fraction of sp³-hybridized carbons (Fsp3) is 0.263.